The summed E-state index contributed by atoms with van der Waals surface area (Å²) in [4.78, 5) is 45.9. The quantitative estimate of drug-likeness (QED) is 0.536. The summed E-state index contributed by atoms with van der Waals surface area (Å²) < 4.78 is 4.95. The van der Waals surface area contributed by atoms with Crippen molar-refractivity contribution in [1.29, 1.82) is 0 Å². The Labute approximate surface area is 144 Å². The van der Waals surface area contributed by atoms with Gasteiger partial charge in [-0.2, -0.15) is 0 Å². The summed E-state index contributed by atoms with van der Waals surface area (Å²) in [5.41, 5.74) is 0.712. The van der Waals surface area contributed by atoms with Gasteiger partial charge in [-0.1, -0.05) is 30.3 Å². The van der Waals surface area contributed by atoms with Crippen LogP contribution in [0.3, 0.4) is 0 Å². The molecule has 0 radical (unpaired) electrons. The third kappa shape index (κ3) is 6.50. The number of aliphatic carboxylic acids is 2. The maximum absolute atomic E-state index is 12.1. The van der Waals surface area contributed by atoms with E-state index in [1.54, 1.807) is 30.3 Å². The summed E-state index contributed by atoms with van der Waals surface area (Å²) in [7, 11) is 0. The molecule has 1 aromatic rings. The lowest BCUT2D eigenvalue weighted by Gasteiger charge is -2.22. The zero-order valence-electron chi connectivity index (χ0n) is 13.8. The molecule has 1 unspecified atom stereocenters. The second-order valence-electron chi connectivity index (χ2n) is 5.38. The fourth-order valence-electron chi connectivity index (χ4n) is 1.82. The Morgan fingerprint density at radius 1 is 1.00 bits per heavy atom. The number of hydrogen-bond donors (Lipinski definition) is 4. The smallest absolute Gasteiger partial charge is 0.408 e. The number of carbonyl (C=O) groups is 4. The Morgan fingerprint density at radius 3 is 2.12 bits per heavy atom. The average molecular weight is 352 g/mol. The standard InChI is InChI=1S/C16H20N2O7/c1-9(14(20)21)12(13(19)17-10(2)15(22)23)18-16(24)25-8-11-6-4-3-5-7-11/h3-7,9-10,12H,8H2,1-2H3,(H,17,19)(H,18,24)(H,20,21)(H,22,23)/t9?,10-,12+/m1/s1. The topological polar surface area (TPSA) is 142 Å². The monoisotopic (exact) mass is 352 g/mol. The molecule has 25 heavy (non-hydrogen) atoms. The predicted molar refractivity (Wildman–Crippen MR) is 85.6 cm³/mol. The van der Waals surface area contributed by atoms with Gasteiger partial charge >= 0.3 is 18.0 Å². The first kappa shape index (κ1) is 19.9. The van der Waals surface area contributed by atoms with Gasteiger partial charge in [-0.25, -0.2) is 4.79 Å². The van der Waals surface area contributed by atoms with E-state index in [2.05, 4.69) is 10.6 Å². The van der Waals surface area contributed by atoms with Gasteiger partial charge < -0.3 is 25.6 Å². The van der Waals surface area contributed by atoms with E-state index < -0.39 is 41.9 Å². The molecule has 136 valence electrons. The maximum atomic E-state index is 12.1. The van der Waals surface area contributed by atoms with Gasteiger partial charge in [-0.05, 0) is 19.4 Å². The van der Waals surface area contributed by atoms with E-state index in [1.165, 1.54) is 13.8 Å². The van der Waals surface area contributed by atoms with E-state index in [9.17, 15) is 19.2 Å². The van der Waals surface area contributed by atoms with Crippen LogP contribution in [0.25, 0.3) is 0 Å². The molecule has 0 spiro atoms. The molecule has 0 bridgehead atoms. The van der Waals surface area contributed by atoms with Crippen LogP contribution in [0.1, 0.15) is 19.4 Å². The summed E-state index contributed by atoms with van der Waals surface area (Å²) in [6, 6.07) is 6.04. The van der Waals surface area contributed by atoms with E-state index >= 15 is 0 Å². The van der Waals surface area contributed by atoms with Gasteiger partial charge in [0.2, 0.25) is 5.91 Å². The predicted octanol–water partition coefficient (Wildman–Crippen LogP) is 0.591. The van der Waals surface area contributed by atoms with Crippen molar-refractivity contribution in [2.24, 2.45) is 5.92 Å². The van der Waals surface area contributed by atoms with Crippen molar-refractivity contribution in [3.05, 3.63) is 35.9 Å². The van der Waals surface area contributed by atoms with E-state index in [1.807, 2.05) is 0 Å². The molecule has 2 amide bonds. The minimum absolute atomic E-state index is 0.0615. The number of benzene rings is 1. The Bertz CT molecular complexity index is 633. The van der Waals surface area contributed by atoms with E-state index in [0.717, 1.165) is 0 Å². The highest BCUT2D eigenvalue weighted by atomic mass is 16.5. The molecule has 0 aliphatic heterocycles. The van der Waals surface area contributed by atoms with Crippen molar-refractivity contribution in [3.8, 4) is 0 Å². The Morgan fingerprint density at radius 2 is 1.60 bits per heavy atom. The van der Waals surface area contributed by atoms with Crippen LogP contribution in [-0.4, -0.2) is 46.2 Å². The zero-order valence-corrected chi connectivity index (χ0v) is 13.8. The van der Waals surface area contributed by atoms with Gasteiger partial charge in [0.15, 0.2) is 0 Å². The van der Waals surface area contributed by atoms with Crippen LogP contribution >= 0.6 is 0 Å². The van der Waals surface area contributed by atoms with Crippen LogP contribution in [0.5, 0.6) is 0 Å². The summed E-state index contributed by atoms with van der Waals surface area (Å²) in [5, 5.41) is 22.2. The lowest BCUT2D eigenvalue weighted by molar-refractivity contribution is -0.145. The molecule has 1 aromatic carbocycles. The fraction of sp³-hybridized carbons (Fsp3) is 0.375. The highest BCUT2D eigenvalue weighted by Gasteiger charge is 2.33. The number of nitrogens with one attached hydrogen (secondary N) is 2. The largest absolute Gasteiger partial charge is 0.481 e. The molecule has 0 saturated heterocycles. The normalized spacial score (nSPS) is 13.8. The average Bonchev–Trinajstić information content (AvgIpc) is 2.57. The Hall–Kier alpha value is -3.10. The van der Waals surface area contributed by atoms with Crippen LogP contribution in [-0.2, 0) is 25.7 Å². The first-order valence-electron chi connectivity index (χ1n) is 7.45. The minimum Gasteiger partial charge on any atom is -0.481 e. The van der Waals surface area contributed by atoms with Gasteiger partial charge in [0.25, 0.3) is 0 Å². The minimum atomic E-state index is -1.48. The van der Waals surface area contributed by atoms with Gasteiger partial charge in [-0.15, -0.1) is 0 Å². The number of amides is 2. The fourth-order valence-corrected chi connectivity index (χ4v) is 1.82. The number of rotatable bonds is 8. The van der Waals surface area contributed by atoms with Crippen molar-refractivity contribution in [2.45, 2.75) is 32.5 Å². The van der Waals surface area contributed by atoms with Crippen molar-refractivity contribution in [3.63, 3.8) is 0 Å². The van der Waals surface area contributed by atoms with Gasteiger partial charge in [0.1, 0.15) is 18.7 Å². The Balaban J connectivity index is 2.72. The molecule has 0 heterocycles. The molecule has 0 aromatic heterocycles. The molecular weight excluding hydrogens is 332 g/mol. The van der Waals surface area contributed by atoms with Crippen LogP contribution in [0.4, 0.5) is 4.79 Å². The van der Waals surface area contributed by atoms with Crippen molar-refractivity contribution >= 4 is 23.9 Å². The maximum Gasteiger partial charge on any atom is 0.408 e. The third-order valence-corrected chi connectivity index (χ3v) is 3.39. The van der Waals surface area contributed by atoms with Crippen LogP contribution in [0, 0.1) is 5.92 Å². The summed E-state index contributed by atoms with van der Waals surface area (Å²) in [5.74, 6) is -4.83. The second kappa shape index (κ2) is 9.26. The molecule has 3 atom stereocenters. The number of hydrogen-bond acceptors (Lipinski definition) is 5. The third-order valence-electron chi connectivity index (χ3n) is 3.39. The molecular formula is C16H20N2O7. The van der Waals surface area contributed by atoms with Crippen molar-refractivity contribution in [2.75, 3.05) is 0 Å². The van der Waals surface area contributed by atoms with Gasteiger partial charge in [-0.3, -0.25) is 14.4 Å². The van der Waals surface area contributed by atoms with Crippen LogP contribution in [0.2, 0.25) is 0 Å². The Kier molecular flexibility index (Phi) is 7.39. The van der Waals surface area contributed by atoms with E-state index in [4.69, 9.17) is 14.9 Å². The summed E-state index contributed by atoms with van der Waals surface area (Å²) in [6.07, 6.45) is -0.986. The van der Waals surface area contributed by atoms with Crippen LogP contribution in [0.15, 0.2) is 30.3 Å². The number of ether oxygens (including phenoxy) is 1. The molecule has 9 heteroatoms. The number of carboxylic acid groups (broad SMARTS) is 2. The molecule has 9 nitrogen and oxygen atoms in total. The zero-order chi connectivity index (χ0) is 19.0. The summed E-state index contributed by atoms with van der Waals surface area (Å²) >= 11 is 0. The second-order valence-corrected chi connectivity index (χ2v) is 5.38. The SMILES string of the molecule is CC(C(=O)O)[C@H](NC(=O)OCc1ccccc1)C(=O)N[C@H](C)C(=O)O. The highest BCUT2D eigenvalue weighted by Crippen LogP contribution is 2.06. The lowest BCUT2D eigenvalue weighted by Crippen LogP contribution is -2.54. The van der Waals surface area contributed by atoms with E-state index in [-0.39, 0.29) is 6.61 Å². The molecule has 4 N–H and O–H groups in total. The van der Waals surface area contributed by atoms with Gasteiger partial charge in [0, 0.05) is 0 Å². The van der Waals surface area contributed by atoms with Crippen molar-refractivity contribution in [1.82, 2.24) is 10.6 Å². The van der Waals surface area contributed by atoms with Crippen LogP contribution < -0.4 is 10.6 Å². The summed E-state index contributed by atoms with van der Waals surface area (Å²) in [6.45, 7) is 2.37. The molecule has 0 aliphatic rings. The first-order valence-corrected chi connectivity index (χ1v) is 7.45. The first-order chi connectivity index (χ1) is 11.7. The number of carbonyl (C=O) groups excluding carboxylic acids is 2. The molecule has 0 fully saturated rings. The van der Waals surface area contributed by atoms with Gasteiger partial charge in [0.05, 0.1) is 5.92 Å². The van der Waals surface area contributed by atoms with E-state index in [0.29, 0.717) is 5.56 Å². The van der Waals surface area contributed by atoms with Crippen molar-refractivity contribution < 1.29 is 34.1 Å². The lowest BCUT2D eigenvalue weighted by atomic mass is 10.0. The number of carboxylic acids is 2. The molecule has 0 aliphatic carbocycles. The number of alkyl carbamates (subject to hydrolysis) is 1. The molecule has 0 saturated carbocycles. The molecule has 1 rings (SSSR count). The highest BCUT2D eigenvalue weighted by molar-refractivity contribution is 5.92.